The van der Waals surface area contributed by atoms with E-state index >= 15 is 0 Å². The Kier molecular flexibility index (Phi) is 6.16. The van der Waals surface area contributed by atoms with Gasteiger partial charge in [0.2, 0.25) is 6.79 Å². The monoisotopic (exact) mass is 414 g/mol. The zero-order valence-corrected chi connectivity index (χ0v) is 16.1. The molecule has 1 N–H and O–H groups in total. The Morgan fingerprint density at radius 2 is 1.97 bits per heavy atom. The number of ether oxygens (including phenoxy) is 4. The smallest absolute Gasteiger partial charge is 0.331 e. The highest BCUT2D eigenvalue weighted by atomic mass is 16.7. The van der Waals surface area contributed by atoms with Gasteiger partial charge in [0.25, 0.3) is 11.6 Å². The third-order valence-corrected chi connectivity index (χ3v) is 4.12. The molecule has 1 aliphatic rings. The minimum Gasteiger partial charge on any atom is -0.495 e. The van der Waals surface area contributed by atoms with Crippen LogP contribution in [-0.4, -0.2) is 36.8 Å². The van der Waals surface area contributed by atoms with Crippen LogP contribution in [0, 0.1) is 10.1 Å². The average Bonchev–Trinajstić information content (AvgIpc) is 3.20. The number of non-ortho nitro benzene ring substituents is 1. The molecule has 0 fully saturated rings. The molecular formula is C20H18N2O8. The molecule has 10 heteroatoms. The van der Waals surface area contributed by atoms with Gasteiger partial charge in [0.1, 0.15) is 5.75 Å². The summed E-state index contributed by atoms with van der Waals surface area (Å²) >= 11 is 0. The first-order chi connectivity index (χ1) is 14.4. The van der Waals surface area contributed by atoms with Gasteiger partial charge in [-0.3, -0.25) is 14.9 Å². The predicted molar refractivity (Wildman–Crippen MR) is 105 cm³/mol. The van der Waals surface area contributed by atoms with Gasteiger partial charge in [-0.05, 0) is 36.8 Å². The van der Waals surface area contributed by atoms with Crippen LogP contribution in [0.1, 0.15) is 12.5 Å². The molecule has 1 aliphatic heterocycles. The number of rotatable bonds is 7. The fraction of sp³-hybridized carbons (Fsp3) is 0.200. The number of carbonyl (C=O) groups is 2. The molecule has 0 aliphatic carbocycles. The zero-order chi connectivity index (χ0) is 21.7. The highest BCUT2D eigenvalue weighted by Gasteiger charge is 2.20. The zero-order valence-electron chi connectivity index (χ0n) is 16.1. The number of nitro benzene ring substituents is 1. The fourth-order valence-electron chi connectivity index (χ4n) is 2.59. The number of nitrogens with zero attached hydrogens (tertiary/aromatic N) is 1. The number of hydrogen-bond donors (Lipinski definition) is 1. The summed E-state index contributed by atoms with van der Waals surface area (Å²) in [6.07, 6.45) is 1.54. The maximum absolute atomic E-state index is 12.3. The summed E-state index contributed by atoms with van der Waals surface area (Å²) in [7, 11) is 1.36. The normalized spacial score (nSPS) is 13.0. The van der Waals surface area contributed by atoms with E-state index in [-0.39, 0.29) is 23.9 Å². The van der Waals surface area contributed by atoms with Crippen LogP contribution in [0.25, 0.3) is 6.08 Å². The standard InChI is InChI=1S/C20H18N2O8/c1-12(20(24)21-15-10-14(22(25)26)5-7-16(15)27-2)30-19(23)8-4-13-3-6-17-18(9-13)29-11-28-17/h3-10,12H,11H2,1-2H3,(H,21,24)/b8-4+/t12-/m0/s1. The maximum atomic E-state index is 12.3. The molecule has 1 amide bonds. The number of carbonyl (C=O) groups excluding carboxylic acids is 2. The van der Waals surface area contributed by atoms with Gasteiger partial charge in [0.05, 0.1) is 17.7 Å². The Hall–Kier alpha value is -4.08. The number of anilines is 1. The van der Waals surface area contributed by atoms with Crippen molar-refractivity contribution in [1.82, 2.24) is 0 Å². The Labute approximate surface area is 171 Å². The molecular weight excluding hydrogens is 396 g/mol. The van der Waals surface area contributed by atoms with Crippen molar-refractivity contribution in [2.75, 3.05) is 19.2 Å². The molecule has 156 valence electrons. The quantitative estimate of drug-likeness (QED) is 0.317. The van der Waals surface area contributed by atoms with E-state index in [1.54, 1.807) is 18.2 Å². The summed E-state index contributed by atoms with van der Waals surface area (Å²) in [5, 5.41) is 13.4. The molecule has 10 nitrogen and oxygen atoms in total. The predicted octanol–water partition coefficient (Wildman–Crippen LogP) is 2.92. The van der Waals surface area contributed by atoms with E-state index in [1.807, 2.05) is 0 Å². The van der Waals surface area contributed by atoms with Gasteiger partial charge in [-0.2, -0.15) is 0 Å². The number of esters is 1. The molecule has 2 aromatic carbocycles. The van der Waals surface area contributed by atoms with E-state index in [4.69, 9.17) is 18.9 Å². The first-order valence-corrected chi connectivity index (χ1v) is 8.79. The van der Waals surface area contributed by atoms with Crippen molar-refractivity contribution in [3.05, 3.63) is 58.2 Å². The topological polar surface area (TPSA) is 126 Å². The number of fused-ring (bicyclic) bond motifs is 1. The van der Waals surface area contributed by atoms with E-state index in [2.05, 4.69) is 5.32 Å². The fourth-order valence-corrected chi connectivity index (χ4v) is 2.59. The number of amides is 1. The van der Waals surface area contributed by atoms with Crippen LogP contribution in [0.2, 0.25) is 0 Å². The van der Waals surface area contributed by atoms with Crippen LogP contribution in [0.3, 0.4) is 0 Å². The van der Waals surface area contributed by atoms with Crippen molar-refractivity contribution >= 4 is 29.3 Å². The highest BCUT2D eigenvalue weighted by molar-refractivity contribution is 5.97. The van der Waals surface area contributed by atoms with Crippen molar-refractivity contribution < 1.29 is 33.5 Å². The largest absolute Gasteiger partial charge is 0.495 e. The highest BCUT2D eigenvalue weighted by Crippen LogP contribution is 2.33. The van der Waals surface area contributed by atoms with E-state index in [9.17, 15) is 19.7 Å². The SMILES string of the molecule is COc1ccc([N+](=O)[O-])cc1NC(=O)[C@H](C)OC(=O)/C=C/c1ccc2c(c1)OCO2. The van der Waals surface area contributed by atoms with Gasteiger partial charge < -0.3 is 24.3 Å². The second kappa shape index (κ2) is 8.95. The van der Waals surface area contributed by atoms with Gasteiger partial charge >= 0.3 is 5.97 Å². The van der Waals surface area contributed by atoms with Gasteiger partial charge in [-0.1, -0.05) is 6.07 Å². The molecule has 0 bridgehead atoms. The van der Waals surface area contributed by atoms with Crippen LogP contribution in [0.15, 0.2) is 42.5 Å². The minimum atomic E-state index is -1.15. The Morgan fingerprint density at radius 3 is 2.70 bits per heavy atom. The number of nitrogens with one attached hydrogen (secondary N) is 1. The van der Waals surface area contributed by atoms with Crippen LogP contribution in [0.5, 0.6) is 17.2 Å². The number of nitro groups is 1. The second-order valence-electron chi connectivity index (χ2n) is 6.16. The molecule has 1 atom stereocenters. The van der Waals surface area contributed by atoms with Crippen molar-refractivity contribution in [3.8, 4) is 17.2 Å². The van der Waals surface area contributed by atoms with Gasteiger partial charge in [0, 0.05) is 18.2 Å². The first-order valence-electron chi connectivity index (χ1n) is 8.79. The molecule has 0 aromatic heterocycles. The molecule has 3 rings (SSSR count). The van der Waals surface area contributed by atoms with Crippen molar-refractivity contribution in [1.29, 1.82) is 0 Å². The van der Waals surface area contributed by atoms with Crippen molar-refractivity contribution in [3.63, 3.8) is 0 Å². The van der Waals surface area contributed by atoms with E-state index < -0.39 is 22.9 Å². The second-order valence-corrected chi connectivity index (χ2v) is 6.16. The van der Waals surface area contributed by atoms with E-state index in [1.165, 1.54) is 38.3 Å². The first kappa shape index (κ1) is 20.6. The molecule has 30 heavy (non-hydrogen) atoms. The van der Waals surface area contributed by atoms with Gasteiger partial charge in [-0.25, -0.2) is 4.79 Å². The summed E-state index contributed by atoms with van der Waals surface area (Å²) in [5.74, 6) is 0.0240. The molecule has 0 unspecified atom stereocenters. The van der Waals surface area contributed by atoms with Crippen LogP contribution < -0.4 is 19.5 Å². The third-order valence-electron chi connectivity index (χ3n) is 4.12. The average molecular weight is 414 g/mol. The minimum absolute atomic E-state index is 0.0931. The Morgan fingerprint density at radius 1 is 1.20 bits per heavy atom. The summed E-state index contributed by atoms with van der Waals surface area (Å²) < 4.78 is 20.6. The third kappa shape index (κ3) is 4.85. The van der Waals surface area contributed by atoms with E-state index in [0.717, 1.165) is 6.07 Å². The van der Waals surface area contributed by atoms with Crippen molar-refractivity contribution in [2.45, 2.75) is 13.0 Å². The molecule has 1 heterocycles. The van der Waals surface area contributed by atoms with Crippen LogP contribution in [0.4, 0.5) is 11.4 Å². The van der Waals surface area contributed by atoms with E-state index in [0.29, 0.717) is 17.1 Å². The van der Waals surface area contributed by atoms with Crippen molar-refractivity contribution in [2.24, 2.45) is 0 Å². The molecule has 0 saturated heterocycles. The number of methoxy groups -OCH3 is 1. The lowest BCUT2D eigenvalue weighted by atomic mass is 10.2. The lowest BCUT2D eigenvalue weighted by Crippen LogP contribution is -2.29. The summed E-state index contributed by atoms with van der Waals surface area (Å²) in [6, 6.07) is 8.93. The van der Waals surface area contributed by atoms with Gasteiger partial charge in [0.15, 0.2) is 17.6 Å². The number of hydrogen-bond acceptors (Lipinski definition) is 8. The molecule has 0 saturated carbocycles. The summed E-state index contributed by atoms with van der Waals surface area (Å²) in [5.41, 5.74) is 0.563. The molecule has 0 radical (unpaired) electrons. The lowest BCUT2D eigenvalue weighted by molar-refractivity contribution is -0.384. The number of benzene rings is 2. The summed E-state index contributed by atoms with van der Waals surface area (Å²) in [4.78, 5) is 34.7. The summed E-state index contributed by atoms with van der Waals surface area (Å²) in [6.45, 7) is 1.53. The van der Waals surface area contributed by atoms with Gasteiger partial charge in [-0.15, -0.1) is 0 Å². The Balaban J connectivity index is 1.60. The van der Waals surface area contributed by atoms with Crippen LogP contribution >= 0.6 is 0 Å². The van der Waals surface area contributed by atoms with Crippen LogP contribution in [-0.2, 0) is 14.3 Å². The lowest BCUT2D eigenvalue weighted by Gasteiger charge is -2.14. The Bertz CT molecular complexity index is 1020. The molecule has 2 aromatic rings. The maximum Gasteiger partial charge on any atom is 0.331 e. The molecule has 0 spiro atoms.